The van der Waals surface area contributed by atoms with Crippen molar-refractivity contribution < 1.29 is 9.53 Å². The lowest BCUT2D eigenvalue weighted by Crippen LogP contribution is -2.42. The number of hydrogen-bond acceptors (Lipinski definition) is 4. The first-order chi connectivity index (χ1) is 13.5. The van der Waals surface area contributed by atoms with Gasteiger partial charge in [0.15, 0.2) is 0 Å². The molecule has 1 aliphatic rings. The van der Waals surface area contributed by atoms with E-state index in [9.17, 15) is 14.4 Å². The minimum absolute atomic E-state index is 0.0353. The van der Waals surface area contributed by atoms with Crippen LogP contribution in [0, 0.1) is 5.92 Å². The Morgan fingerprint density at radius 3 is 2.50 bits per heavy atom. The van der Waals surface area contributed by atoms with Crippen LogP contribution in [-0.2, 0) is 17.8 Å². The molecule has 0 radical (unpaired) electrons. The van der Waals surface area contributed by atoms with Gasteiger partial charge in [-0.1, -0.05) is 12.1 Å². The van der Waals surface area contributed by atoms with Crippen molar-refractivity contribution in [2.45, 2.75) is 39.2 Å². The van der Waals surface area contributed by atoms with Gasteiger partial charge < -0.3 is 9.64 Å². The number of ether oxygens (including phenoxy) is 1. The minimum atomic E-state index is -0.550. The fourth-order valence-corrected chi connectivity index (χ4v) is 3.58. The molecule has 7 nitrogen and oxygen atoms in total. The van der Waals surface area contributed by atoms with Crippen molar-refractivity contribution >= 4 is 5.91 Å². The second-order valence-corrected chi connectivity index (χ2v) is 7.18. The molecule has 7 heteroatoms. The van der Waals surface area contributed by atoms with Crippen LogP contribution in [0.15, 0.2) is 46.1 Å². The summed E-state index contributed by atoms with van der Waals surface area (Å²) < 4.78 is 6.71. The summed E-state index contributed by atoms with van der Waals surface area (Å²) in [6.07, 6.45) is 5.45. The number of rotatable bonds is 7. The molecule has 1 saturated heterocycles. The predicted octanol–water partition coefficient (Wildman–Crippen LogP) is 1.81. The van der Waals surface area contributed by atoms with E-state index >= 15 is 0 Å². The molecule has 0 unspecified atom stereocenters. The van der Waals surface area contributed by atoms with Crippen molar-refractivity contribution in [3.8, 4) is 5.75 Å². The van der Waals surface area contributed by atoms with Gasteiger partial charge in [-0.2, -0.15) is 0 Å². The van der Waals surface area contributed by atoms with Crippen LogP contribution in [-0.4, -0.2) is 40.1 Å². The van der Waals surface area contributed by atoms with Crippen LogP contribution < -0.4 is 16.0 Å². The van der Waals surface area contributed by atoms with Crippen LogP contribution in [0.1, 0.15) is 31.7 Å². The van der Waals surface area contributed by atoms with Crippen LogP contribution in [0.2, 0.25) is 0 Å². The molecule has 3 rings (SSSR count). The van der Waals surface area contributed by atoms with Gasteiger partial charge in [0, 0.05) is 25.4 Å². The molecular formula is C21H27N3O4. The first kappa shape index (κ1) is 19.9. The van der Waals surface area contributed by atoms with E-state index in [1.165, 1.54) is 22.4 Å². The Bertz CT molecular complexity index is 893. The summed E-state index contributed by atoms with van der Waals surface area (Å²) >= 11 is 0. The fourth-order valence-electron chi connectivity index (χ4n) is 3.58. The molecule has 1 amide bonds. The summed E-state index contributed by atoms with van der Waals surface area (Å²) in [5.41, 5.74) is 0.299. The van der Waals surface area contributed by atoms with Gasteiger partial charge in [-0.15, -0.1) is 0 Å². The number of aryl methyl sites for hydroxylation is 1. The molecule has 28 heavy (non-hydrogen) atoms. The second kappa shape index (κ2) is 9.39. The van der Waals surface area contributed by atoms with E-state index < -0.39 is 11.2 Å². The molecule has 1 aromatic heterocycles. The third-order valence-corrected chi connectivity index (χ3v) is 5.25. The van der Waals surface area contributed by atoms with E-state index in [4.69, 9.17) is 4.74 Å². The van der Waals surface area contributed by atoms with Gasteiger partial charge >= 0.3 is 5.69 Å². The topological polar surface area (TPSA) is 84.4 Å². The normalized spacial score (nSPS) is 14.8. The Kier molecular flexibility index (Phi) is 6.68. The molecule has 2 heterocycles. The van der Waals surface area contributed by atoms with Crippen LogP contribution in [0.3, 0.4) is 0 Å². The van der Waals surface area contributed by atoms with Gasteiger partial charge in [0.05, 0.1) is 6.61 Å². The monoisotopic (exact) mass is 385 g/mol. The standard InChI is InChI=1S/C21H27N3O4/c1-2-28-18-7-5-16(6-8-18)3-4-17-9-12-23(13-10-17)20(26)15-24-14-11-19(25)22-21(24)27/h5-8,11,14,17H,2-4,9-10,12-13,15H2,1H3,(H,22,25,27). The number of carbonyl (C=O) groups excluding carboxylic acids is 1. The lowest BCUT2D eigenvalue weighted by Gasteiger charge is -2.32. The SMILES string of the molecule is CCOc1ccc(CCC2CCN(C(=O)Cn3ccc(=O)[nH]c3=O)CC2)cc1. The van der Waals surface area contributed by atoms with E-state index in [1.807, 2.05) is 24.0 Å². The zero-order valence-corrected chi connectivity index (χ0v) is 16.2. The highest BCUT2D eigenvalue weighted by atomic mass is 16.5. The lowest BCUT2D eigenvalue weighted by molar-refractivity contribution is -0.133. The second-order valence-electron chi connectivity index (χ2n) is 7.18. The number of hydrogen-bond donors (Lipinski definition) is 1. The third-order valence-electron chi connectivity index (χ3n) is 5.25. The number of nitrogens with one attached hydrogen (secondary N) is 1. The molecule has 150 valence electrons. The number of likely N-dealkylation sites (tertiary alicyclic amines) is 1. The van der Waals surface area contributed by atoms with Crippen molar-refractivity contribution in [1.29, 1.82) is 0 Å². The van der Waals surface area contributed by atoms with Crippen molar-refractivity contribution in [3.63, 3.8) is 0 Å². The zero-order chi connectivity index (χ0) is 19.9. The van der Waals surface area contributed by atoms with Crippen LogP contribution in [0.25, 0.3) is 0 Å². The molecule has 1 aromatic carbocycles. The van der Waals surface area contributed by atoms with Crippen molar-refractivity contribution in [1.82, 2.24) is 14.5 Å². The molecule has 0 atom stereocenters. The number of aromatic nitrogens is 2. The number of H-pyrrole nitrogens is 1. The van der Waals surface area contributed by atoms with Gasteiger partial charge in [-0.05, 0) is 56.2 Å². The smallest absolute Gasteiger partial charge is 0.328 e. The first-order valence-electron chi connectivity index (χ1n) is 9.84. The van der Waals surface area contributed by atoms with Crippen molar-refractivity contribution in [3.05, 3.63) is 62.9 Å². The largest absolute Gasteiger partial charge is 0.494 e. The Morgan fingerprint density at radius 2 is 1.86 bits per heavy atom. The first-order valence-corrected chi connectivity index (χ1v) is 9.84. The maximum atomic E-state index is 12.4. The summed E-state index contributed by atoms with van der Waals surface area (Å²) in [5, 5.41) is 0. The maximum Gasteiger partial charge on any atom is 0.328 e. The Balaban J connectivity index is 1.44. The van der Waals surface area contributed by atoms with Crippen molar-refractivity contribution in [2.24, 2.45) is 5.92 Å². The molecular weight excluding hydrogens is 358 g/mol. The van der Waals surface area contributed by atoms with E-state index in [1.54, 1.807) is 0 Å². The number of piperidine rings is 1. The van der Waals surface area contributed by atoms with E-state index in [0.29, 0.717) is 25.6 Å². The molecule has 0 bridgehead atoms. The highest BCUT2D eigenvalue weighted by molar-refractivity contribution is 5.76. The highest BCUT2D eigenvalue weighted by Gasteiger charge is 2.23. The van der Waals surface area contributed by atoms with E-state index in [-0.39, 0.29) is 12.5 Å². The average molecular weight is 385 g/mol. The number of aromatic amines is 1. The lowest BCUT2D eigenvalue weighted by atomic mass is 9.90. The van der Waals surface area contributed by atoms with E-state index in [0.717, 1.165) is 31.4 Å². The minimum Gasteiger partial charge on any atom is -0.494 e. The third kappa shape index (κ3) is 5.34. The Morgan fingerprint density at radius 1 is 1.14 bits per heavy atom. The molecule has 0 spiro atoms. The van der Waals surface area contributed by atoms with Gasteiger partial charge in [-0.3, -0.25) is 19.1 Å². The predicted molar refractivity (Wildman–Crippen MR) is 107 cm³/mol. The molecule has 0 aliphatic carbocycles. The van der Waals surface area contributed by atoms with Crippen molar-refractivity contribution in [2.75, 3.05) is 19.7 Å². The molecule has 2 aromatic rings. The maximum absolute atomic E-state index is 12.4. The van der Waals surface area contributed by atoms with Gasteiger partial charge in [0.25, 0.3) is 5.56 Å². The molecule has 1 N–H and O–H groups in total. The average Bonchev–Trinajstić information content (AvgIpc) is 2.70. The van der Waals surface area contributed by atoms with Crippen LogP contribution in [0.5, 0.6) is 5.75 Å². The molecule has 1 fully saturated rings. The van der Waals surface area contributed by atoms with E-state index in [2.05, 4.69) is 17.1 Å². The summed E-state index contributed by atoms with van der Waals surface area (Å²) in [4.78, 5) is 39.2. The Hall–Kier alpha value is -2.83. The fraction of sp³-hybridized carbons (Fsp3) is 0.476. The van der Waals surface area contributed by atoms with Gasteiger partial charge in [0.2, 0.25) is 5.91 Å². The van der Waals surface area contributed by atoms with Crippen LogP contribution in [0.4, 0.5) is 0 Å². The van der Waals surface area contributed by atoms with Crippen LogP contribution >= 0.6 is 0 Å². The number of nitrogens with zero attached hydrogens (tertiary/aromatic N) is 2. The quantitative estimate of drug-likeness (QED) is 0.788. The highest BCUT2D eigenvalue weighted by Crippen LogP contribution is 2.23. The molecule has 1 aliphatic heterocycles. The number of benzene rings is 1. The zero-order valence-electron chi connectivity index (χ0n) is 16.2. The van der Waals surface area contributed by atoms with Gasteiger partial charge in [-0.25, -0.2) is 4.79 Å². The summed E-state index contributed by atoms with van der Waals surface area (Å²) in [6.45, 7) is 4.04. The summed E-state index contributed by atoms with van der Waals surface area (Å²) in [5.74, 6) is 1.42. The number of amides is 1. The Labute approximate surface area is 164 Å². The van der Waals surface area contributed by atoms with Gasteiger partial charge in [0.1, 0.15) is 12.3 Å². The molecule has 0 saturated carbocycles. The summed E-state index contributed by atoms with van der Waals surface area (Å²) in [7, 11) is 0. The summed E-state index contributed by atoms with van der Waals surface area (Å²) in [6, 6.07) is 9.51. The number of carbonyl (C=O) groups is 1.